The summed E-state index contributed by atoms with van der Waals surface area (Å²) in [6, 6.07) is 0. The highest BCUT2D eigenvalue weighted by Gasteiger charge is 2.35. The van der Waals surface area contributed by atoms with E-state index in [1.807, 2.05) is 0 Å². The lowest BCUT2D eigenvalue weighted by molar-refractivity contribution is -0.0944. The second-order valence-corrected chi connectivity index (χ2v) is 3.46. The standard InChI is InChI=1S/C9H9F3N4/c10-9(11,12)6-3-1-2-5(4-6)7-14-8(13)16-15-7/h1-3,5H,4H2,(H3,13,14,15,16). The number of rotatable bonds is 1. The average Bonchev–Trinajstić information content (AvgIpc) is 2.64. The number of nitrogen functional groups attached to an aromatic ring is 1. The van der Waals surface area contributed by atoms with Crippen LogP contribution in [0.1, 0.15) is 18.2 Å². The Labute approximate surface area is 89.1 Å². The van der Waals surface area contributed by atoms with E-state index in [0.29, 0.717) is 5.82 Å². The molecule has 2 rings (SSSR count). The van der Waals surface area contributed by atoms with Gasteiger partial charge >= 0.3 is 6.18 Å². The minimum Gasteiger partial charge on any atom is -0.367 e. The Bertz CT molecular complexity index is 444. The van der Waals surface area contributed by atoms with E-state index < -0.39 is 17.7 Å². The monoisotopic (exact) mass is 230 g/mol. The van der Waals surface area contributed by atoms with E-state index in [1.54, 1.807) is 6.08 Å². The van der Waals surface area contributed by atoms with Crippen LogP contribution >= 0.6 is 0 Å². The molecule has 0 spiro atoms. The summed E-state index contributed by atoms with van der Waals surface area (Å²) in [6.45, 7) is 0. The molecule has 7 heteroatoms. The second-order valence-electron chi connectivity index (χ2n) is 3.46. The lowest BCUT2D eigenvalue weighted by Crippen LogP contribution is -2.16. The number of nitrogens with two attached hydrogens (primary N) is 1. The largest absolute Gasteiger partial charge is 0.412 e. The summed E-state index contributed by atoms with van der Waals surface area (Å²) in [6.07, 6.45) is -0.371. The first-order chi connectivity index (χ1) is 7.47. The second kappa shape index (κ2) is 3.66. The molecule has 1 atom stereocenters. The molecule has 0 saturated carbocycles. The molecule has 16 heavy (non-hydrogen) atoms. The van der Waals surface area contributed by atoms with Gasteiger partial charge < -0.3 is 5.73 Å². The maximum absolute atomic E-state index is 12.5. The van der Waals surface area contributed by atoms with Crippen LogP contribution in [-0.2, 0) is 0 Å². The maximum atomic E-state index is 12.5. The number of anilines is 1. The number of nitrogens with one attached hydrogen (secondary N) is 1. The summed E-state index contributed by atoms with van der Waals surface area (Å²) in [5.74, 6) is -0.0680. The number of allylic oxidation sites excluding steroid dienone is 4. The van der Waals surface area contributed by atoms with Crippen LogP contribution in [0.15, 0.2) is 23.8 Å². The van der Waals surface area contributed by atoms with E-state index >= 15 is 0 Å². The van der Waals surface area contributed by atoms with Crippen LogP contribution in [0.25, 0.3) is 0 Å². The number of H-pyrrole nitrogens is 1. The summed E-state index contributed by atoms with van der Waals surface area (Å²) in [5.41, 5.74) is 4.72. The van der Waals surface area contributed by atoms with E-state index in [-0.39, 0.29) is 12.4 Å². The van der Waals surface area contributed by atoms with Gasteiger partial charge in [-0.05, 0) is 6.42 Å². The van der Waals surface area contributed by atoms with Gasteiger partial charge in [-0.2, -0.15) is 18.2 Å². The molecule has 0 aliphatic heterocycles. The molecular formula is C9H9F3N4. The Hall–Kier alpha value is -1.79. The van der Waals surface area contributed by atoms with Crippen LogP contribution in [0, 0.1) is 0 Å². The molecule has 1 aliphatic carbocycles. The minimum atomic E-state index is -4.30. The highest BCUT2D eigenvalue weighted by molar-refractivity contribution is 5.29. The van der Waals surface area contributed by atoms with E-state index in [1.165, 1.54) is 6.08 Å². The smallest absolute Gasteiger partial charge is 0.367 e. The summed E-state index contributed by atoms with van der Waals surface area (Å²) in [5, 5.41) is 6.10. The van der Waals surface area contributed by atoms with Gasteiger partial charge in [0.05, 0.1) is 0 Å². The number of aromatic amines is 1. The third kappa shape index (κ3) is 2.07. The molecule has 0 amide bonds. The van der Waals surface area contributed by atoms with Crippen LogP contribution in [0.4, 0.5) is 19.1 Å². The van der Waals surface area contributed by atoms with Gasteiger partial charge in [-0.15, -0.1) is 5.10 Å². The quantitative estimate of drug-likeness (QED) is 0.774. The zero-order chi connectivity index (χ0) is 11.8. The van der Waals surface area contributed by atoms with Crippen molar-refractivity contribution in [2.75, 3.05) is 5.73 Å². The minimum absolute atomic E-state index is 0.0338. The number of nitrogens with zero attached hydrogens (tertiary/aromatic N) is 2. The van der Waals surface area contributed by atoms with E-state index in [9.17, 15) is 13.2 Å². The van der Waals surface area contributed by atoms with Gasteiger partial charge in [-0.1, -0.05) is 18.2 Å². The molecular weight excluding hydrogens is 221 g/mol. The Morgan fingerprint density at radius 1 is 1.44 bits per heavy atom. The molecule has 0 saturated heterocycles. The van der Waals surface area contributed by atoms with Gasteiger partial charge in [0.25, 0.3) is 0 Å². The average molecular weight is 230 g/mol. The first-order valence-electron chi connectivity index (χ1n) is 4.59. The van der Waals surface area contributed by atoms with Crippen molar-refractivity contribution in [2.45, 2.75) is 18.5 Å². The highest BCUT2D eigenvalue weighted by Crippen LogP contribution is 2.36. The van der Waals surface area contributed by atoms with Gasteiger partial charge in [-0.25, -0.2) is 0 Å². The molecule has 0 aromatic carbocycles. The van der Waals surface area contributed by atoms with E-state index in [2.05, 4.69) is 15.2 Å². The lowest BCUT2D eigenvalue weighted by atomic mass is 9.93. The Morgan fingerprint density at radius 2 is 2.19 bits per heavy atom. The van der Waals surface area contributed by atoms with Gasteiger partial charge in [0.2, 0.25) is 5.95 Å². The van der Waals surface area contributed by atoms with Crippen molar-refractivity contribution in [2.24, 2.45) is 0 Å². The normalized spacial score (nSPS) is 20.9. The Balaban J connectivity index is 2.18. The summed E-state index contributed by atoms with van der Waals surface area (Å²) in [4.78, 5) is 3.82. The van der Waals surface area contributed by atoms with Crippen molar-refractivity contribution in [3.8, 4) is 0 Å². The number of hydrogen-bond acceptors (Lipinski definition) is 3. The molecule has 3 N–H and O–H groups in total. The van der Waals surface area contributed by atoms with Gasteiger partial charge in [0, 0.05) is 11.5 Å². The topological polar surface area (TPSA) is 67.6 Å². The van der Waals surface area contributed by atoms with Crippen molar-refractivity contribution in [3.63, 3.8) is 0 Å². The van der Waals surface area contributed by atoms with E-state index in [4.69, 9.17) is 5.73 Å². The van der Waals surface area contributed by atoms with Crippen molar-refractivity contribution >= 4 is 5.95 Å². The van der Waals surface area contributed by atoms with Crippen molar-refractivity contribution in [3.05, 3.63) is 29.6 Å². The molecule has 1 aromatic rings. The van der Waals surface area contributed by atoms with Crippen molar-refractivity contribution in [1.29, 1.82) is 0 Å². The molecule has 1 unspecified atom stereocenters. The summed E-state index contributed by atoms with van der Waals surface area (Å²) in [7, 11) is 0. The van der Waals surface area contributed by atoms with Crippen molar-refractivity contribution in [1.82, 2.24) is 15.2 Å². The van der Waals surface area contributed by atoms with Crippen LogP contribution < -0.4 is 5.73 Å². The zero-order valence-corrected chi connectivity index (χ0v) is 8.12. The summed E-state index contributed by atoms with van der Waals surface area (Å²) >= 11 is 0. The zero-order valence-electron chi connectivity index (χ0n) is 8.12. The number of hydrogen-bond donors (Lipinski definition) is 2. The van der Waals surface area contributed by atoms with Gasteiger partial charge in [-0.3, -0.25) is 5.10 Å². The molecule has 1 aliphatic rings. The number of aromatic nitrogens is 3. The predicted molar refractivity (Wildman–Crippen MR) is 51.4 cm³/mol. The first-order valence-corrected chi connectivity index (χ1v) is 4.59. The highest BCUT2D eigenvalue weighted by atomic mass is 19.4. The Morgan fingerprint density at radius 3 is 2.75 bits per heavy atom. The molecule has 1 heterocycles. The van der Waals surface area contributed by atoms with Crippen LogP contribution in [0.3, 0.4) is 0 Å². The van der Waals surface area contributed by atoms with Gasteiger partial charge in [0.1, 0.15) is 5.82 Å². The molecule has 0 bridgehead atoms. The number of halogens is 3. The fraction of sp³-hybridized carbons (Fsp3) is 0.333. The van der Waals surface area contributed by atoms with Gasteiger partial charge in [0.15, 0.2) is 0 Å². The van der Waals surface area contributed by atoms with E-state index in [0.717, 1.165) is 6.08 Å². The first kappa shape index (κ1) is 10.7. The third-order valence-corrected chi connectivity index (χ3v) is 2.32. The Kier molecular flexibility index (Phi) is 2.45. The molecule has 0 fully saturated rings. The molecule has 1 aromatic heterocycles. The molecule has 0 radical (unpaired) electrons. The third-order valence-electron chi connectivity index (χ3n) is 2.32. The molecule has 4 nitrogen and oxygen atoms in total. The van der Waals surface area contributed by atoms with Crippen LogP contribution in [0.2, 0.25) is 0 Å². The lowest BCUT2D eigenvalue weighted by Gasteiger charge is -2.18. The fourth-order valence-electron chi connectivity index (χ4n) is 1.53. The fourth-order valence-corrected chi connectivity index (χ4v) is 1.53. The number of alkyl halides is 3. The van der Waals surface area contributed by atoms with Crippen LogP contribution in [-0.4, -0.2) is 21.4 Å². The van der Waals surface area contributed by atoms with Crippen LogP contribution in [0.5, 0.6) is 0 Å². The SMILES string of the molecule is Nc1n[nH]c(C2C=CC=C(C(F)(F)F)C2)n1. The summed E-state index contributed by atoms with van der Waals surface area (Å²) < 4.78 is 37.4. The van der Waals surface area contributed by atoms with Crippen molar-refractivity contribution < 1.29 is 13.2 Å². The molecule has 86 valence electrons. The maximum Gasteiger partial charge on any atom is 0.412 e. The predicted octanol–water partition coefficient (Wildman–Crippen LogP) is 1.92.